The van der Waals surface area contributed by atoms with Gasteiger partial charge in [-0.25, -0.2) is 18.6 Å². The van der Waals surface area contributed by atoms with Crippen LogP contribution in [-0.4, -0.2) is 16.1 Å². The van der Waals surface area contributed by atoms with E-state index in [1.165, 1.54) is 12.1 Å². The van der Waals surface area contributed by atoms with Gasteiger partial charge >= 0.3 is 5.97 Å². The van der Waals surface area contributed by atoms with Crippen molar-refractivity contribution in [3.8, 4) is 0 Å². The Hall–Kier alpha value is -1.82. The topological polar surface area (TPSA) is 50.2 Å². The number of aromatic nitrogens is 1. The highest BCUT2D eigenvalue weighted by Gasteiger charge is 2.17. The minimum Gasteiger partial charge on any atom is -0.477 e. The molecule has 0 amide bonds. The van der Waals surface area contributed by atoms with Crippen molar-refractivity contribution in [3.63, 3.8) is 0 Å². The van der Waals surface area contributed by atoms with E-state index in [9.17, 15) is 13.6 Å². The Balaban J connectivity index is 2.29. The molecule has 0 unspecified atom stereocenters. The van der Waals surface area contributed by atoms with Gasteiger partial charge in [-0.3, -0.25) is 0 Å². The molecule has 0 radical (unpaired) electrons. The van der Waals surface area contributed by atoms with Gasteiger partial charge in [0.25, 0.3) is 0 Å². The molecule has 106 valence electrons. The van der Waals surface area contributed by atoms with E-state index in [1.54, 1.807) is 0 Å². The summed E-state index contributed by atoms with van der Waals surface area (Å²) in [5.74, 6) is -2.31. The summed E-state index contributed by atoms with van der Waals surface area (Å²) in [5, 5.41) is 9.66. The number of carboxylic acids is 1. The van der Waals surface area contributed by atoms with Gasteiger partial charge in [0.15, 0.2) is 0 Å². The van der Waals surface area contributed by atoms with Crippen LogP contribution in [0.4, 0.5) is 8.78 Å². The first-order valence-corrected chi connectivity index (χ1v) is 6.98. The fourth-order valence-corrected chi connectivity index (χ4v) is 2.92. The number of hydrogen-bond acceptors (Lipinski definition) is 3. The number of aryl methyl sites for hydroxylation is 1. The SMILES string of the molecule is CCCc1nc(Cc2cc(F)cc(F)c2)sc1C(=O)O. The zero-order valence-electron chi connectivity index (χ0n) is 10.8. The molecule has 0 saturated carbocycles. The highest BCUT2D eigenvalue weighted by molar-refractivity contribution is 7.13. The molecule has 0 atom stereocenters. The van der Waals surface area contributed by atoms with Gasteiger partial charge in [0.2, 0.25) is 0 Å². The largest absolute Gasteiger partial charge is 0.477 e. The number of benzene rings is 1. The first-order chi connectivity index (χ1) is 9.49. The highest BCUT2D eigenvalue weighted by Crippen LogP contribution is 2.23. The maximum atomic E-state index is 13.1. The van der Waals surface area contributed by atoms with Crippen molar-refractivity contribution in [2.24, 2.45) is 0 Å². The number of halogens is 2. The number of rotatable bonds is 5. The average molecular weight is 297 g/mol. The van der Waals surface area contributed by atoms with Crippen LogP contribution >= 0.6 is 11.3 Å². The number of carbonyl (C=O) groups is 1. The van der Waals surface area contributed by atoms with Gasteiger partial charge in [0.1, 0.15) is 16.5 Å². The summed E-state index contributed by atoms with van der Waals surface area (Å²) in [7, 11) is 0. The molecule has 6 heteroatoms. The molecular formula is C14H13F2NO2S. The number of aromatic carboxylic acids is 1. The molecule has 20 heavy (non-hydrogen) atoms. The minimum absolute atomic E-state index is 0.207. The van der Waals surface area contributed by atoms with E-state index in [0.717, 1.165) is 23.8 Å². The lowest BCUT2D eigenvalue weighted by atomic mass is 10.1. The van der Waals surface area contributed by atoms with E-state index in [-0.39, 0.29) is 11.3 Å². The molecule has 3 nitrogen and oxygen atoms in total. The Kier molecular flexibility index (Phi) is 4.44. The number of nitrogens with zero attached hydrogens (tertiary/aromatic N) is 1. The quantitative estimate of drug-likeness (QED) is 0.916. The summed E-state index contributed by atoms with van der Waals surface area (Å²) in [4.78, 5) is 15.6. The molecule has 0 fully saturated rings. The molecule has 0 aliphatic heterocycles. The van der Waals surface area contributed by atoms with E-state index >= 15 is 0 Å². The summed E-state index contributed by atoms with van der Waals surface area (Å²) < 4.78 is 26.2. The van der Waals surface area contributed by atoms with E-state index in [1.807, 2.05) is 6.92 Å². The molecular weight excluding hydrogens is 284 g/mol. The van der Waals surface area contributed by atoms with Crippen molar-refractivity contribution >= 4 is 17.3 Å². The van der Waals surface area contributed by atoms with Crippen molar-refractivity contribution in [2.45, 2.75) is 26.2 Å². The Bertz CT molecular complexity index is 620. The molecule has 0 spiro atoms. The second-order valence-corrected chi connectivity index (χ2v) is 5.48. The number of hydrogen-bond donors (Lipinski definition) is 1. The summed E-state index contributed by atoms with van der Waals surface area (Å²) >= 11 is 1.06. The molecule has 1 aromatic heterocycles. The molecule has 1 aromatic carbocycles. The summed E-state index contributed by atoms with van der Waals surface area (Å²) in [5.41, 5.74) is 0.980. The predicted molar refractivity (Wildman–Crippen MR) is 72.2 cm³/mol. The van der Waals surface area contributed by atoms with Crippen LogP contribution in [0, 0.1) is 11.6 Å². The zero-order chi connectivity index (χ0) is 14.7. The van der Waals surface area contributed by atoms with Gasteiger partial charge in [-0.15, -0.1) is 11.3 Å². The summed E-state index contributed by atoms with van der Waals surface area (Å²) in [6, 6.07) is 3.26. The zero-order valence-corrected chi connectivity index (χ0v) is 11.6. The third-order valence-corrected chi connectivity index (χ3v) is 3.79. The summed E-state index contributed by atoms with van der Waals surface area (Å²) in [6.45, 7) is 1.94. The summed E-state index contributed by atoms with van der Waals surface area (Å²) in [6.07, 6.45) is 1.59. The maximum absolute atomic E-state index is 13.1. The normalized spacial score (nSPS) is 10.8. The third-order valence-electron chi connectivity index (χ3n) is 2.70. The molecule has 1 N–H and O–H groups in total. The van der Waals surface area contributed by atoms with E-state index in [2.05, 4.69) is 4.98 Å². The predicted octanol–water partition coefficient (Wildman–Crippen LogP) is 3.66. The van der Waals surface area contributed by atoms with Crippen LogP contribution < -0.4 is 0 Å². The second kappa shape index (κ2) is 6.09. The fourth-order valence-electron chi connectivity index (χ4n) is 1.94. The van der Waals surface area contributed by atoms with Gasteiger partial charge in [0, 0.05) is 12.5 Å². The Labute approximate surface area is 118 Å². The van der Waals surface area contributed by atoms with Crippen LogP contribution in [0.5, 0.6) is 0 Å². The standard InChI is InChI=1S/C14H13F2NO2S/c1-2-3-11-13(14(18)19)20-12(17-11)6-8-4-9(15)7-10(16)5-8/h4-5,7H,2-3,6H2,1H3,(H,18,19). The van der Waals surface area contributed by atoms with Crippen LogP contribution in [0.15, 0.2) is 18.2 Å². The Morgan fingerprint density at radius 1 is 1.30 bits per heavy atom. The highest BCUT2D eigenvalue weighted by atomic mass is 32.1. The van der Waals surface area contributed by atoms with Gasteiger partial charge in [-0.2, -0.15) is 0 Å². The van der Waals surface area contributed by atoms with Crippen molar-refractivity contribution in [3.05, 3.63) is 51.0 Å². The van der Waals surface area contributed by atoms with Crippen molar-refractivity contribution in [1.29, 1.82) is 0 Å². The van der Waals surface area contributed by atoms with Gasteiger partial charge < -0.3 is 5.11 Å². The average Bonchev–Trinajstić information content (AvgIpc) is 2.71. The monoisotopic (exact) mass is 297 g/mol. The molecule has 2 aromatic rings. The lowest BCUT2D eigenvalue weighted by Crippen LogP contribution is -1.98. The number of thiazole rings is 1. The van der Waals surface area contributed by atoms with Crippen LogP contribution in [0.25, 0.3) is 0 Å². The fraction of sp³-hybridized carbons (Fsp3) is 0.286. The smallest absolute Gasteiger partial charge is 0.347 e. The molecule has 2 rings (SSSR count). The van der Waals surface area contributed by atoms with E-state index in [0.29, 0.717) is 22.7 Å². The Morgan fingerprint density at radius 2 is 1.95 bits per heavy atom. The molecule has 0 saturated heterocycles. The maximum Gasteiger partial charge on any atom is 0.347 e. The molecule has 0 aliphatic rings. The Morgan fingerprint density at radius 3 is 2.50 bits per heavy atom. The lowest BCUT2D eigenvalue weighted by Gasteiger charge is -1.99. The van der Waals surface area contributed by atoms with Gasteiger partial charge in [-0.05, 0) is 24.1 Å². The van der Waals surface area contributed by atoms with Crippen molar-refractivity contribution in [2.75, 3.05) is 0 Å². The van der Waals surface area contributed by atoms with Crippen LogP contribution in [0.3, 0.4) is 0 Å². The second-order valence-electron chi connectivity index (χ2n) is 4.39. The minimum atomic E-state index is -1.01. The van der Waals surface area contributed by atoms with Crippen LogP contribution in [-0.2, 0) is 12.8 Å². The molecule has 0 aliphatic carbocycles. The molecule has 0 bridgehead atoms. The van der Waals surface area contributed by atoms with Crippen molar-refractivity contribution in [1.82, 2.24) is 4.98 Å². The number of carboxylic acid groups (broad SMARTS) is 1. The first-order valence-electron chi connectivity index (χ1n) is 6.16. The third kappa shape index (κ3) is 3.39. The van der Waals surface area contributed by atoms with Gasteiger partial charge in [0.05, 0.1) is 10.7 Å². The van der Waals surface area contributed by atoms with Crippen LogP contribution in [0.2, 0.25) is 0 Å². The van der Waals surface area contributed by atoms with Crippen molar-refractivity contribution < 1.29 is 18.7 Å². The first kappa shape index (κ1) is 14.6. The van der Waals surface area contributed by atoms with E-state index in [4.69, 9.17) is 5.11 Å². The van der Waals surface area contributed by atoms with E-state index < -0.39 is 17.6 Å². The molecule has 1 heterocycles. The van der Waals surface area contributed by atoms with Gasteiger partial charge in [-0.1, -0.05) is 13.3 Å². The lowest BCUT2D eigenvalue weighted by molar-refractivity contribution is 0.0700. The van der Waals surface area contributed by atoms with Crippen LogP contribution in [0.1, 0.15) is 39.3 Å².